The number of nitrogens with two attached hydrogens (primary N) is 1. The molecule has 2 aliphatic heterocycles. The smallest absolute Gasteiger partial charge is 0.265 e. The van der Waals surface area contributed by atoms with E-state index in [9.17, 15) is 4.79 Å². The summed E-state index contributed by atoms with van der Waals surface area (Å²) in [5, 5.41) is 1.55. The van der Waals surface area contributed by atoms with Gasteiger partial charge in [-0.3, -0.25) is 4.79 Å². The molecule has 0 atom stereocenters. The average molecular weight is 427 g/mol. The normalized spacial score (nSPS) is 17.6. The van der Waals surface area contributed by atoms with Crippen LogP contribution in [0.3, 0.4) is 0 Å². The Kier molecular flexibility index (Phi) is 4.57. The summed E-state index contributed by atoms with van der Waals surface area (Å²) in [5.74, 6) is 1.00. The number of likely N-dealkylation sites (tertiary alicyclic amines) is 1. The SMILES string of the molecule is Cc1ccc2c(Cl)c(C(=O)N3CCC4(CC3)COc3ccc(CN)cc34)sc2c1. The Morgan fingerprint density at radius 3 is 2.79 bits per heavy atom. The summed E-state index contributed by atoms with van der Waals surface area (Å²) in [7, 11) is 0. The maximum Gasteiger partial charge on any atom is 0.265 e. The van der Waals surface area contributed by atoms with E-state index < -0.39 is 0 Å². The lowest BCUT2D eigenvalue weighted by molar-refractivity contribution is 0.0651. The molecule has 2 aromatic carbocycles. The highest BCUT2D eigenvalue weighted by Gasteiger charge is 2.44. The second-order valence-electron chi connectivity index (χ2n) is 8.14. The first kappa shape index (κ1) is 18.9. The molecule has 4 nitrogen and oxygen atoms in total. The minimum Gasteiger partial charge on any atom is -0.492 e. The number of carbonyl (C=O) groups excluding carboxylic acids is 1. The molecule has 1 saturated heterocycles. The van der Waals surface area contributed by atoms with Crippen molar-refractivity contribution in [3.05, 3.63) is 63.0 Å². The molecule has 2 N–H and O–H groups in total. The monoisotopic (exact) mass is 426 g/mol. The van der Waals surface area contributed by atoms with E-state index in [0.717, 1.165) is 34.2 Å². The van der Waals surface area contributed by atoms with Crippen LogP contribution in [0.5, 0.6) is 5.75 Å². The number of halogens is 1. The summed E-state index contributed by atoms with van der Waals surface area (Å²) in [5.41, 5.74) is 9.37. The first-order valence-electron chi connectivity index (χ1n) is 9.95. The maximum atomic E-state index is 13.2. The zero-order valence-electron chi connectivity index (χ0n) is 16.3. The fourth-order valence-electron chi connectivity index (χ4n) is 4.54. The summed E-state index contributed by atoms with van der Waals surface area (Å²) in [6, 6.07) is 12.4. The second kappa shape index (κ2) is 7.01. The highest BCUT2D eigenvalue weighted by Crippen LogP contribution is 2.46. The van der Waals surface area contributed by atoms with Crippen LogP contribution in [0.1, 0.15) is 39.2 Å². The maximum absolute atomic E-state index is 13.2. The lowest BCUT2D eigenvalue weighted by Gasteiger charge is -2.38. The fourth-order valence-corrected chi connectivity index (χ4v) is 6.12. The molecule has 1 amide bonds. The molecule has 1 fully saturated rings. The Hall–Kier alpha value is -2.08. The molecule has 2 aliphatic rings. The third kappa shape index (κ3) is 3.03. The van der Waals surface area contributed by atoms with Gasteiger partial charge in [0.25, 0.3) is 5.91 Å². The van der Waals surface area contributed by atoms with Gasteiger partial charge in [-0.15, -0.1) is 11.3 Å². The minimum absolute atomic E-state index is 0.0155. The van der Waals surface area contributed by atoms with Gasteiger partial charge in [0.1, 0.15) is 10.6 Å². The molecule has 3 aromatic rings. The van der Waals surface area contributed by atoms with Crippen LogP contribution in [0.15, 0.2) is 36.4 Å². The number of nitrogens with zero attached hydrogens (tertiary/aromatic N) is 1. The van der Waals surface area contributed by atoms with Gasteiger partial charge in [-0.05, 0) is 43.0 Å². The van der Waals surface area contributed by atoms with Crippen molar-refractivity contribution in [2.75, 3.05) is 19.7 Å². The molecule has 150 valence electrons. The van der Waals surface area contributed by atoms with Crippen molar-refractivity contribution in [1.82, 2.24) is 4.90 Å². The third-order valence-corrected chi connectivity index (χ3v) is 7.99. The van der Waals surface area contributed by atoms with Crippen LogP contribution in [-0.2, 0) is 12.0 Å². The molecule has 1 spiro atoms. The van der Waals surface area contributed by atoms with Crippen molar-refractivity contribution in [2.24, 2.45) is 5.73 Å². The van der Waals surface area contributed by atoms with Gasteiger partial charge >= 0.3 is 0 Å². The molecular formula is C23H23ClN2O2S. The lowest BCUT2D eigenvalue weighted by atomic mass is 9.74. The zero-order valence-corrected chi connectivity index (χ0v) is 17.9. The van der Waals surface area contributed by atoms with Crippen molar-refractivity contribution in [2.45, 2.75) is 31.7 Å². The number of carbonyl (C=O) groups is 1. The Morgan fingerprint density at radius 2 is 2.03 bits per heavy atom. The number of amides is 1. The number of rotatable bonds is 2. The number of thiophene rings is 1. The quantitative estimate of drug-likeness (QED) is 0.634. The van der Waals surface area contributed by atoms with E-state index in [4.69, 9.17) is 22.1 Å². The molecule has 0 aliphatic carbocycles. The van der Waals surface area contributed by atoms with Gasteiger partial charge in [-0.1, -0.05) is 35.9 Å². The standard InChI is InChI=1S/C23H23ClN2O2S/c1-14-2-4-16-19(10-14)29-21(20(16)24)22(27)26-8-6-23(7-9-26)13-28-18-5-3-15(12-25)11-17(18)23/h2-5,10-11H,6-9,12-13,25H2,1H3. The van der Waals surface area contributed by atoms with Gasteiger partial charge in [0.2, 0.25) is 0 Å². The summed E-state index contributed by atoms with van der Waals surface area (Å²) in [6.45, 7) is 4.67. The van der Waals surface area contributed by atoms with E-state index >= 15 is 0 Å². The topological polar surface area (TPSA) is 55.6 Å². The number of piperidine rings is 1. The molecule has 1 aromatic heterocycles. The molecule has 0 unspecified atom stereocenters. The van der Waals surface area contributed by atoms with Gasteiger partial charge < -0.3 is 15.4 Å². The van der Waals surface area contributed by atoms with E-state index in [1.807, 2.05) is 29.2 Å². The highest BCUT2D eigenvalue weighted by molar-refractivity contribution is 7.21. The summed E-state index contributed by atoms with van der Waals surface area (Å²) in [4.78, 5) is 15.8. The van der Waals surface area contributed by atoms with Crippen molar-refractivity contribution in [1.29, 1.82) is 0 Å². The van der Waals surface area contributed by atoms with Gasteiger partial charge in [-0.25, -0.2) is 0 Å². The van der Waals surface area contributed by atoms with Gasteiger partial charge in [0.05, 0.1) is 11.6 Å². The average Bonchev–Trinajstić information content (AvgIpc) is 3.25. The van der Waals surface area contributed by atoms with Gasteiger partial charge in [-0.2, -0.15) is 0 Å². The van der Waals surface area contributed by atoms with Crippen molar-refractivity contribution >= 4 is 38.9 Å². The number of aryl methyl sites for hydroxylation is 1. The van der Waals surface area contributed by atoms with Crippen molar-refractivity contribution in [3.63, 3.8) is 0 Å². The van der Waals surface area contributed by atoms with Crippen molar-refractivity contribution < 1.29 is 9.53 Å². The number of hydrogen-bond acceptors (Lipinski definition) is 4. The van der Waals surface area contributed by atoms with E-state index in [2.05, 4.69) is 19.1 Å². The highest BCUT2D eigenvalue weighted by atomic mass is 35.5. The first-order valence-corrected chi connectivity index (χ1v) is 11.1. The van der Waals surface area contributed by atoms with E-state index in [1.165, 1.54) is 22.5 Å². The van der Waals surface area contributed by atoms with E-state index in [0.29, 0.717) is 36.1 Å². The molecule has 6 heteroatoms. The summed E-state index contributed by atoms with van der Waals surface area (Å²) in [6.07, 6.45) is 1.78. The van der Waals surface area contributed by atoms with Crippen molar-refractivity contribution in [3.8, 4) is 5.75 Å². The third-order valence-electron chi connectivity index (χ3n) is 6.34. The summed E-state index contributed by atoms with van der Waals surface area (Å²) < 4.78 is 7.05. The second-order valence-corrected chi connectivity index (χ2v) is 9.57. The van der Waals surface area contributed by atoms with Crippen LogP contribution < -0.4 is 10.5 Å². The number of ether oxygens (including phenoxy) is 1. The largest absolute Gasteiger partial charge is 0.492 e. The number of hydrogen-bond donors (Lipinski definition) is 1. The molecule has 0 bridgehead atoms. The molecular weight excluding hydrogens is 404 g/mol. The molecule has 0 saturated carbocycles. The van der Waals surface area contributed by atoms with E-state index in [-0.39, 0.29) is 11.3 Å². The zero-order chi connectivity index (χ0) is 20.2. The molecule has 29 heavy (non-hydrogen) atoms. The Morgan fingerprint density at radius 1 is 1.24 bits per heavy atom. The van der Waals surface area contributed by atoms with Crippen LogP contribution >= 0.6 is 22.9 Å². The van der Waals surface area contributed by atoms with Gasteiger partial charge in [0.15, 0.2) is 0 Å². The number of benzene rings is 2. The van der Waals surface area contributed by atoms with Crippen LogP contribution in [0.2, 0.25) is 5.02 Å². The Balaban J connectivity index is 1.38. The number of fused-ring (bicyclic) bond motifs is 3. The van der Waals surface area contributed by atoms with Crippen LogP contribution in [0.4, 0.5) is 0 Å². The van der Waals surface area contributed by atoms with Crippen LogP contribution in [0.25, 0.3) is 10.1 Å². The Labute approximate surface area is 179 Å². The van der Waals surface area contributed by atoms with E-state index in [1.54, 1.807) is 0 Å². The fraction of sp³-hybridized carbons (Fsp3) is 0.348. The first-order chi connectivity index (χ1) is 14.0. The summed E-state index contributed by atoms with van der Waals surface area (Å²) >= 11 is 8.07. The predicted molar refractivity (Wildman–Crippen MR) is 118 cm³/mol. The predicted octanol–water partition coefficient (Wildman–Crippen LogP) is 4.89. The Bertz CT molecular complexity index is 1120. The molecule has 5 rings (SSSR count). The molecule has 3 heterocycles. The molecule has 0 radical (unpaired) electrons. The lowest BCUT2D eigenvalue weighted by Crippen LogP contribution is -2.46. The van der Waals surface area contributed by atoms with Gasteiger partial charge in [0, 0.05) is 40.7 Å². The van der Waals surface area contributed by atoms with Crippen LogP contribution in [-0.4, -0.2) is 30.5 Å². The minimum atomic E-state index is -0.0155. The van der Waals surface area contributed by atoms with Crippen LogP contribution in [0, 0.1) is 6.92 Å².